The lowest BCUT2D eigenvalue weighted by Crippen LogP contribution is -2.14. The van der Waals surface area contributed by atoms with Crippen molar-refractivity contribution in [2.75, 3.05) is 11.1 Å². The van der Waals surface area contributed by atoms with Crippen molar-refractivity contribution in [3.05, 3.63) is 39.6 Å². The minimum Gasteiger partial charge on any atom is -0.398 e. The van der Waals surface area contributed by atoms with Gasteiger partial charge >= 0.3 is 0 Å². The zero-order valence-electron chi connectivity index (χ0n) is 11.3. The van der Waals surface area contributed by atoms with E-state index >= 15 is 0 Å². The summed E-state index contributed by atoms with van der Waals surface area (Å²) in [5.74, 6) is 0. The normalized spacial score (nSPS) is 11.6. The van der Waals surface area contributed by atoms with Crippen LogP contribution in [0.25, 0.3) is 0 Å². The lowest BCUT2D eigenvalue weighted by molar-refractivity contribution is 0.598. The predicted molar refractivity (Wildman–Crippen MR) is 83.3 cm³/mol. The van der Waals surface area contributed by atoms with Crippen molar-refractivity contribution < 1.29 is 8.42 Å². The van der Waals surface area contributed by atoms with E-state index in [2.05, 4.69) is 25.2 Å². The molecule has 0 aliphatic heterocycles. The van der Waals surface area contributed by atoms with Crippen molar-refractivity contribution in [3.63, 3.8) is 0 Å². The highest BCUT2D eigenvalue weighted by Crippen LogP contribution is 2.24. The van der Waals surface area contributed by atoms with Crippen molar-refractivity contribution in [3.8, 4) is 0 Å². The van der Waals surface area contributed by atoms with Gasteiger partial charge in [0.2, 0.25) is 10.0 Å². The van der Waals surface area contributed by atoms with Gasteiger partial charge in [-0.2, -0.15) is 0 Å². The first kappa shape index (κ1) is 14.8. The lowest BCUT2D eigenvalue weighted by atomic mass is 10.2. The molecule has 0 aliphatic rings. The highest BCUT2D eigenvalue weighted by atomic mass is 32.2. The van der Waals surface area contributed by atoms with Gasteiger partial charge in [-0.05, 0) is 43.7 Å². The van der Waals surface area contributed by atoms with Crippen LogP contribution >= 0.6 is 11.3 Å². The van der Waals surface area contributed by atoms with Gasteiger partial charge in [-0.3, -0.25) is 0 Å². The van der Waals surface area contributed by atoms with Crippen LogP contribution in [0.5, 0.6) is 0 Å². The molecule has 5 N–H and O–H groups in total. The average molecular weight is 311 g/mol. The number of hydrogen-bond donors (Lipinski definition) is 3. The molecule has 2 aromatic rings. The molecule has 0 fully saturated rings. The van der Waals surface area contributed by atoms with Gasteiger partial charge < -0.3 is 11.1 Å². The van der Waals surface area contributed by atoms with E-state index in [9.17, 15) is 8.42 Å². The number of nitrogen functional groups attached to an aromatic ring is 1. The molecule has 0 saturated heterocycles. The number of rotatable bonds is 4. The minimum absolute atomic E-state index is 0.0501. The SMILES string of the molecule is Cc1cc(CNc2ccc(S(N)(=O)=O)c(N)c2)sc1C. The highest BCUT2D eigenvalue weighted by Gasteiger charge is 2.12. The zero-order chi connectivity index (χ0) is 14.9. The van der Waals surface area contributed by atoms with Gasteiger partial charge in [0, 0.05) is 22.0 Å². The topological polar surface area (TPSA) is 98.2 Å². The Bertz CT molecular complexity index is 717. The van der Waals surface area contributed by atoms with Crippen LogP contribution in [0.1, 0.15) is 15.3 Å². The summed E-state index contributed by atoms with van der Waals surface area (Å²) in [7, 11) is -3.77. The summed E-state index contributed by atoms with van der Waals surface area (Å²) in [6.45, 7) is 4.84. The van der Waals surface area contributed by atoms with Crippen molar-refractivity contribution >= 4 is 32.7 Å². The maximum atomic E-state index is 11.3. The van der Waals surface area contributed by atoms with Crippen molar-refractivity contribution in [1.82, 2.24) is 0 Å². The van der Waals surface area contributed by atoms with Crippen LogP contribution in [-0.2, 0) is 16.6 Å². The van der Waals surface area contributed by atoms with Gasteiger partial charge in [-0.25, -0.2) is 13.6 Å². The summed E-state index contributed by atoms with van der Waals surface area (Å²) in [5, 5.41) is 8.28. The molecule has 0 spiro atoms. The van der Waals surface area contributed by atoms with Crippen molar-refractivity contribution in [1.29, 1.82) is 0 Å². The molecular weight excluding hydrogens is 294 g/mol. The number of benzene rings is 1. The van der Waals surface area contributed by atoms with Crippen LogP contribution in [0.4, 0.5) is 11.4 Å². The third-order valence-electron chi connectivity index (χ3n) is 3.00. The minimum atomic E-state index is -3.77. The Labute approximate surface area is 122 Å². The van der Waals surface area contributed by atoms with Crippen LogP contribution in [0.3, 0.4) is 0 Å². The molecule has 20 heavy (non-hydrogen) atoms. The van der Waals surface area contributed by atoms with Crippen molar-refractivity contribution in [2.45, 2.75) is 25.3 Å². The maximum Gasteiger partial charge on any atom is 0.240 e. The summed E-state index contributed by atoms with van der Waals surface area (Å²) in [6.07, 6.45) is 0. The maximum absolute atomic E-state index is 11.3. The molecular formula is C13H17N3O2S2. The first-order chi connectivity index (χ1) is 9.27. The van der Waals surface area contributed by atoms with E-state index in [4.69, 9.17) is 10.9 Å². The zero-order valence-corrected chi connectivity index (χ0v) is 12.9. The van der Waals surface area contributed by atoms with E-state index < -0.39 is 10.0 Å². The first-order valence-corrected chi connectivity index (χ1v) is 8.36. The Morgan fingerprint density at radius 2 is 1.95 bits per heavy atom. The number of sulfonamides is 1. The van der Waals surface area contributed by atoms with Gasteiger partial charge in [-0.15, -0.1) is 11.3 Å². The third kappa shape index (κ3) is 3.30. The molecule has 1 aromatic heterocycles. The fourth-order valence-electron chi connectivity index (χ4n) is 1.84. The fraction of sp³-hybridized carbons (Fsp3) is 0.231. The van der Waals surface area contributed by atoms with Gasteiger partial charge in [-0.1, -0.05) is 0 Å². The molecule has 0 amide bonds. The van der Waals surface area contributed by atoms with Crippen LogP contribution in [0, 0.1) is 13.8 Å². The number of nitrogens with two attached hydrogens (primary N) is 2. The lowest BCUT2D eigenvalue weighted by Gasteiger charge is -2.08. The molecule has 0 unspecified atom stereocenters. The molecule has 2 rings (SSSR count). The van der Waals surface area contributed by atoms with E-state index in [1.54, 1.807) is 23.5 Å². The van der Waals surface area contributed by atoms with E-state index in [0.29, 0.717) is 6.54 Å². The molecule has 1 aromatic carbocycles. The summed E-state index contributed by atoms with van der Waals surface area (Å²) in [4.78, 5) is 2.46. The largest absolute Gasteiger partial charge is 0.398 e. The molecule has 7 heteroatoms. The standard InChI is InChI=1S/C13H17N3O2S2/c1-8-5-11(19-9(8)2)7-16-10-3-4-13(12(14)6-10)20(15,17)18/h3-6,16H,7,14H2,1-2H3,(H2,15,17,18). The molecule has 0 aliphatic carbocycles. The number of thiophene rings is 1. The Hall–Kier alpha value is -1.57. The summed E-state index contributed by atoms with van der Waals surface area (Å²) >= 11 is 1.74. The quantitative estimate of drug-likeness (QED) is 0.754. The Morgan fingerprint density at radius 3 is 2.45 bits per heavy atom. The van der Waals surface area contributed by atoms with Crippen molar-refractivity contribution in [2.24, 2.45) is 5.14 Å². The molecule has 0 atom stereocenters. The molecule has 0 bridgehead atoms. The van der Waals surface area contributed by atoms with E-state index in [-0.39, 0.29) is 10.6 Å². The van der Waals surface area contributed by atoms with Crippen LogP contribution in [0.15, 0.2) is 29.2 Å². The van der Waals surface area contributed by atoms with Gasteiger partial charge in [0.05, 0.1) is 5.69 Å². The molecule has 5 nitrogen and oxygen atoms in total. The Morgan fingerprint density at radius 1 is 1.25 bits per heavy atom. The second-order valence-corrected chi connectivity index (χ2v) is 7.47. The van der Waals surface area contributed by atoms with E-state index in [1.807, 2.05) is 0 Å². The van der Waals surface area contributed by atoms with E-state index in [1.165, 1.54) is 21.4 Å². The summed E-state index contributed by atoms with van der Waals surface area (Å²) in [5.41, 5.74) is 7.89. The second kappa shape index (κ2) is 5.43. The fourth-order valence-corrected chi connectivity index (χ4v) is 3.48. The highest BCUT2D eigenvalue weighted by molar-refractivity contribution is 7.89. The Balaban J connectivity index is 2.13. The first-order valence-electron chi connectivity index (χ1n) is 5.99. The van der Waals surface area contributed by atoms with Gasteiger partial charge in [0.25, 0.3) is 0 Å². The second-order valence-electron chi connectivity index (χ2n) is 4.60. The third-order valence-corrected chi connectivity index (χ3v) is 5.14. The van der Waals surface area contributed by atoms with Crippen LogP contribution in [0.2, 0.25) is 0 Å². The average Bonchev–Trinajstić information content (AvgIpc) is 2.65. The number of primary sulfonamides is 1. The number of aryl methyl sites for hydroxylation is 2. The molecule has 0 radical (unpaired) electrons. The molecule has 108 valence electrons. The monoisotopic (exact) mass is 311 g/mol. The summed E-state index contributed by atoms with van der Waals surface area (Å²) < 4.78 is 22.5. The number of nitrogens with one attached hydrogen (secondary N) is 1. The predicted octanol–water partition coefficient (Wildman–Crippen LogP) is 2.21. The Kier molecular flexibility index (Phi) is 4.03. The number of anilines is 2. The van der Waals surface area contributed by atoms with Gasteiger partial charge in [0.1, 0.15) is 4.90 Å². The van der Waals surface area contributed by atoms with Gasteiger partial charge in [0.15, 0.2) is 0 Å². The van der Waals surface area contributed by atoms with E-state index in [0.717, 1.165) is 5.69 Å². The molecule has 1 heterocycles. The van der Waals surface area contributed by atoms with Crippen LogP contribution in [-0.4, -0.2) is 8.42 Å². The smallest absolute Gasteiger partial charge is 0.240 e. The molecule has 0 saturated carbocycles. The number of hydrogen-bond acceptors (Lipinski definition) is 5. The van der Waals surface area contributed by atoms with Crippen LogP contribution < -0.4 is 16.2 Å². The summed E-state index contributed by atoms with van der Waals surface area (Å²) in [6, 6.07) is 6.78.